The van der Waals surface area contributed by atoms with E-state index in [9.17, 15) is 16.8 Å². The Morgan fingerprint density at radius 1 is 0.909 bits per heavy atom. The van der Waals surface area contributed by atoms with Gasteiger partial charge in [-0.15, -0.1) is 0 Å². The molecule has 0 saturated carbocycles. The van der Waals surface area contributed by atoms with Crippen molar-refractivity contribution >= 4 is 19.9 Å². The molecule has 1 aliphatic heterocycles. The molecule has 0 aromatic heterocycles. The third kappa shape index (κ3) is 3.07. The molecule has 0 spiro atoms. The van der Waals surface area contributed by atoms with Crippen molar-refractivity contribution in [2.45, 2.75) is 52.0 Å². The maximum Gasteiger partial charge on any atom is 0.241 e. The molecule has 2 rings (SSSR count). The van der Waals surface area contributed by atoms with E-state index in [4.69, 9.17) is 0 Å². The fourth-order valence-corrected chi connectivity index (χ4v) is 6.68. The van der Waals surface area contributed by atoms with Crippen molar-refractivity contribution in [1.82, 2.24) is 4.72 Å². The van der Waals surface area contributed by atoms with Crippen LogP contribution in [0.1, 0.15) is 34.2 Å². The van der Waals surface area contributed by atoms with Gasteiger partial charge in [0.2, 0.25) is 10.0 Å². The molecule has 1 unspecified atom stereocenters. The second kappa shape index (κ2) is 5.62. The van der Waals surface area contributed by atoms with Crippen LogP contribution in [0.5, 0.6) is 0 Å². The number of hydrogen-bond acceptors (Lipinski definition) is 4. The van der Waals surface area contributed by atoms with E-state index < -0.39 is 25.9 Å². The summed E-state index contributed by atoms with van der Waals surface area (Å²) in [5.41, 5.74) is 4.48. The van der Waals surface area contributed by atoms with Crippen LogP contribution in [0, 0.1) is 34.6 Å². The number of rotatable bonds is 3. The molecule has 22 heavy (non-hydrogen) atoms. The van der Waals surface area contributed by atoms with Gasteiger partial charge >= 0.3 is 0 Å². The summed E-state index contributed by atoms with van der Waals surface area (Å²) >= 11 is 0. The lowest BCUT2D eigenvalue weighted by molar-refractivity contribution is 0.561. The van der Waals surface area contributed by atoms with Crippen molar-refractivity contribution in [3.63, 3.8) is 0 Å². The lowest BCUT2D eigenvalue weighted by Gasteiger charge is -2.20. The topological polar surface area (TPSA) is 80.3 Å². The van der Waals surface area contributed by atoms with Crippen molar-refractivity contribution in [3.8, 4) is 0 Å². The second-order valence-electron chi connectivity index (χ2n) is 6.18. The van der Waals surface area contributed by atoms with E-state index in [1.54, 1.807) is 13.8 Å². The van der Waals surface area contributed by atoms with E-state index in [-0.39, 0.29) is 16.4 Å². The van der Waals surface area contributed by atoms with Crippen LogP contribution < -0.4 is 4.72 Å². The maximum absolute atomic E-state index is 12.8. The van der Waals surface area contributed by atoms with Crippen molar-refractivity contribution in [2.75, 3.05) is 11.5 Å². The Balaban J connectivity index is 2.47. The molecule has 0 radical (unpaired) electrons. The first-order chi connectivity index (χ1) is 9.96. The summed E-state index contributed by atoms with van der Waals surface area (Å²) in [5.74, 6) is -0.0712. The zero-order valence-corrected chi connectivity index (χ0v) is 15.3. The molecule has 5 nitrogen and oxygen atoms in total. The van der Waals surface area contributed by atoms with E-state index in [0.29, 0.717) is 6.42 Å². The number of hydrogen-bond donors (Lipinski definition) is 1. The van der Waals surface area contributed by atoms with Crippen LogP contribution in [0.4, 0.5) is 0 Å². The monoisotopic (exact) mass is 345 g/mol. The predicted octanol–water partition coefficient (Wildman–Crippen LogP) is 1.69. The van der Waals surface area contributed by atoms with Crippen LogP contribution in [-0.2, 0) is 19.9 Å². The van der Waals surface area contributed by atoms with Gasteiger partial charge in [0.1, 0.15) is 0 Å². The molecule has 124 valence electrons. The molecule has 1 aliphatic rings. The largest absolute Gasteiger partial charge is 0.241 e. The van der Waals surface area contributed by atoms with E-state index in [1.165, 1.54) is 0 Å². The number of benzene rings is 1. The molecular weight excluding hydrogens is 322 g/mol. The van der Waals surface area contributed by atoms with Crippen molar-refractivity contribution in [3.05, 3.63) is 27.8 Å². The Bertz CT molecular complexity index is 795. The summed E-state index contributed by atoms with van der Waals surface area (Å²) < 4.78 is 51.1. The summed E-state index contributed by atoms with van der Waals surface area (Å²) in [4.78, 5) is 0.289. The predicted molar refractivity (Wildman–Crippen MR) is 87.5 cm³/mol. The van der Waals surface area contributed by atoms with Crippen molar-refractivity contribution < 1.29 is 16.8 Å². The third-order valence-electron chi connectivity index (χ3n) is 4.75. The first kappa shape index (κ1) is 17.4. The summed E-state index contributed by atoms with van der Waals surface area (Å²) in [6, 6.07) is -0.532. The van der Waals surface area contributed by atoms with Gasteiger partial charge in [0, 0.05) is 6.04 Å². The minimum absolute atomic E-state index is 0.0457. The van der Waals surface area contributed by atoms with E-state index >= 15 is 0 Å². The molecule has 1 aromatic rings. The van der Waals surface area contributed by atoms with Gasteiger partial charge in [-0.1, -0.05) is 0 Å². The average Bonchev–Trinajstić information content (AvgIpc) is 2.72. The van der Waals surface area contributed by atoms with Crippen LogP contribution in [0.3, 0.4) is 0 Å². The van der Waals surface area contributed by atoms with Gasteiger partial charge in [-0.05, 0) is 68.9 Å². The van der Waals surface area contributed by atoms with Gasteiger partial charge in [-0.3, -0.25) is 0 Å². The SMILES string of the molecule is Cc1c(C)c(C)c(S(=O)(=O)NC2CCS(=O)(=O)C2)c(C)c1C. The minimum atomic E-state index is -3.73. The summed E-state index contributed by atoms with van der Waals surface area (Å²) in [7, 11) is -6.85. The standard InChI is InChI=1S/C15H23NO4S2/c1-9-10(2)12(4)15(13(5)11(9)3)22(19,20)16-14-6-7-21(17,18)8-14/h14,16H,6-8H2,1-5H3. The van der Waals surface area contributed by atoms with Crippen LogP contribution in [0.2, 0.25) is 0 Å². The van der Waals surface area contributed by atoms with E-state index in [2.05, 4.69) is 4.72 Å². The van der Waals surface area contributed by atoms with Gasteiger partial charge < -0.3 is 0 Å². The van der Waals surface area contributed by atoms with Gasteiger partial charge in [0.15, 0.2) is 9.84 Å². The Kier molecular flexibility index (Phi) is 4.45. The van der Waals surface area contributed by atoms with Crippen LogP contribution >= 0.6 is 0 Å². The van der Waals surface area contributed by atoms with Crippen LogP contribution in [-0.4, -0.2) is 34.4 Å². The first-order valence-corrected chi connectivity index (χ1v) is 10.6. The van der Waals surface area contributed by atoms with Crippen LogP contribution in [0.25, 0.3) is 0 Å². The first-order valence-electron chi connectivity index (χ1n) is 7.26. The van der Waals surface area contributed by atoms with Gasteiger partial charge in [0.25, 0.3) is 0 Å². The third-order valence-corrected chi connectivity index (χ3v) is 8.32. The molecule has 1 saturated heterocycles. The highest BCUT2D eigenvalue weighted by molar-refractivity contribution is 7.92. The Hall–Kier alpha value is -0.920. The second-order valence-corrected chi connectivity index (χ2v) is 10.1. The molecule has 0 aliphatic carbocycles. The lowest BCUT2D eigenvalue weighted by Crippen LogP contribution is -2.36. The highest BCUT2D eigenvalue weighted by atomic mass is 32.2. The summed E-state index contributed by atoms with van der Waals surface area (Å²) in [6.07, 6.45) is 0.337. The lowest BCUT2D eigenvalue weighted by atomic mass is 9.95. The number of nitrogens with one attached hydrogen (secondary N) is 1. The number of sulfone groups is 1. The smallest absolute Gasteiger partial charge is 0.229 e. The minimum Gasteiger partial charge on any atom is -0.229 e. The Labute approximate surface area is 133 Å². The molecule has 1 aromatic carbocycles. The quantitative estimate of drug-likeness (QED) is 0.904. The molecule has 1 N–H and O–H groups in total. The highest BCUT2D eigenvalue weighted by Gasteiger charge is 2.33. The molecule has 0 bridgehead atoms. The normalized spacial score (nSPS) is 21.2. The Morgan fingerprint density at radius 2 is 1.36 bits per heavy atom. The average molecular weight is 345 g/mol. The molecule has 0 amide bonds. The van der Waals surface area contributed by atoms with Gasteiger partial charge in [-0.25, -0.2) is 21.6 Å². The summed E-state index contributed by atoms with van der Waals surface area (Å²) in [5, 5.41) is 0. The molecule has 1 atom stereocenters. The zero-order valence-electron chi connectivity index (χ0n) is 13.6. The highest BCUT2D eigenvalue weighted by Crippen LogP contribution is 2.30. The fourth-order valence-electron chi connectivity index (χ4n) is 3.03. The summed E-state index contributed by atoms with van der Waals surface area (Å²) in [6.45, 7) is 9.41. The van der Waals surface area contributed by atoms with E-state index in [1.807, 2.05) is 20.8 Å². The van der Waals surface area contributed by atoms with Gasteiger partial charge in [-0.2, -0.15) is 0 Å². The molecule has 1 heterocycles. The maximum atomic E-state index is 12.8. The van der Waals surface area contributed by atoms with Gasteiger partial charge in [0.05, 0.1) is 16.4 Å². The van der Waals surface area contributed by atoms with Crippen molar-refractivity contribution in [2.24, 2.45) is 0 Å². The zero-order chi connectivity index (χ0) is 16.9. The number of sulfonamides is 1. The molecular formula is C15H23NO4S2. The fraction of sp³-hybridized carbons (Fsp3) is 0.600. The molecule has 1 fully saturated rings. The van der Waals surface area contributed by atoms with E-state index in [0.717, 1.165) is 27.8 Å². The molecule has 7 heteroatoms. The Morgan fingerprint density at radius 3 is 1.77 bits per heavy atom. The van der Waals surface area contributed by atoms with Crippen molar-refractivity contribution in [1.29, 1.82) is 0 Å². The van der Waals surface area contributed by atoms with Crippen LogP contribution in [0.15, 0.2) is 4.90 Å².